The lowest BCUT2D eigenvalue weighted by atomic mass is 10.2. The van der Waals surface area contributed by atoms with Crippen molar-refractivity contribution >= 4 is 16.8 Å². The summed E-state index contributed by atoms with van der Waals surface area (Å²) in [6, 6.07) is 5.71. The first-order chi connectivity index (χ1) is 7.20. The highest BCUT2D eigenvalue weighted by Gasteiger charge is 2.11. The van der Waals surface area contributed by atoms with E-state index < -0.39 is 0 Å². The molecule has 4 heteroatoms. The summed E-state index contributed by atoms with van der Waals surface area (Å²) in [6.45, 7) is 0.211. The number of ketones is 1. The summed E-state index contributed by atoms with van der Waals surface area (Å²) < 4.78 is 18.1. The molecule has 15 heavy (non-hydrogen) atoms. The quantitative estimate of drug-likeness (QED) is 0.782. The number of carbonyl (C=O) groups is 1. The normalized spacial score (nSPS) is 10.8. The average molecular weight is 207 g/mol. The van der Waals surface area contributed by atoms with Gasteiger partial charge < -0.3 is 9.73 Å². The van der Waals surface area contributed by atoms with Crippen LogP contribution in [-0.2, 0) is 0 Å². The van der Waals surface area contributed by atoms with Crippen LogP contribution in [-0.4, -0.2) is 19.4 Å². The summed E-state index contributed by atoms with van der Waals surface area (Å²) >= 11 is 0. The van der Waals surface area contributed by atoms with Crippen molar-refractivity contribution in [1.82, 2.24) is 5.32 Å². The minimum Gasteiger partial charge on any atom is -0.453 e. The largest absolute Gasteiger partial charge is 0.453 e. The third kappa shape index (κ3) is 1.89. The van der Waals surface area contributed by atoms with Gasteiger partial charge in [-0.25, -0.2) is 4.39 Å². The van der Waals surface area contributed by atoms with Crippen molar-refractivity contribution in [2.24, 2.45) is 0 Å². The van der Waals surface area contributed by atoms with Crippen LogP contribution < -0.4 is 5.32 Å². The highest BCUT2D eigenvalue weighted by atomic mass is 19.1. The van der Waals surface area contributed by atoms with E-state index in [1.54, 1.807) is 13.1 Å². The van der Waals surface area contributed by atoms with Gasteiger partial charge in [0.2, 0.25) is 5.78 Å². The van der Waals surface area contributed by atoms with Gasteiger partial charge in [-0.05, 0) is 31.3 Å². The minimum atomic E-state index is -0.337. The molecule has 0 amide bonds. The highest BCUT2D eigenvalue weighted by molar-refractivity contribution is 5.98. The first-order valence-electron chi connectivity index (χ1n) is 4.57. The molecule has 1 N–H and O–H groups in total. The Bertz CT molecular complexity index is 504. The molecule has 0 radical (unpaired) electrons. The van der Waals surface area contributed by atoms with Gasteiger partial charge in [0, 0.05) is 5.39 Å². The SMILES string of the molecule is CNCC(=O)c1cc2cc(F)ccc2o1. The van der Waals surface area contributed by atoms with Crippen LogP contribution in [0.1, 0.15) is 10.6 Å². The smallest absolute Gasteiger partial charge is 0.211 e. The van der Waals surface area contributed by atoms with Crippen LogP contribution in [0.3, 0.4) is 0 Å². The van der Waals surface area contributed by atoms with E-state index in [1.807, 2.05) is 0 Å². The van der Waals surface area contributed by atoms with E-state index >= 15 is 0 Å². The maximum Gasteiger partial charge on any atom is 0.211 e. The highest BCUT2D eigenvalue weighted by Crippen LogP contribution is 2.20. The van der Waals surface area contributed by atoms with Gasteiger partial charge in [0.1, 0.15) is 11.4 Å². The molecule has 1 aromatic carbocycles. The molecule has 0 aliphatic rings. The second-order valence-electron chi connectivity index (χ2n) is 3.25. The zero-order chi connectivity index (χ0) is 10.8. The van der Waals surface area contributed by atoms with Crippen LogP contribution in [0, 0.1) is 5.82 Å². The van der Waals surface area contributed by atoms with Crippen molar-refractivity contribution < 1.29 is 13.6 Å². The Kier molecular flexibility index (Phi) is 2.51. The lowest BCUT2D eigenvalue weighted by Crippen LogP contribution is -2.17. The summed E-state index contributed by atoms with van der Waals surface area (Å²) in [7, 11) is 1.68. The predicted octanol–water partition coefficient (Wildman–Crippen LogP) is 1.97. The minimum absolute atomic E-state index is 0.144. The molecular formula is C11H10FNO2. The molecule has 2 rings (SSSR count). The van der Waals surface area contributed by atoms with E-state index in [4.69, 9.17) is 4.42 Å². The third-order valence-corrected chi connectivity index (χ3v) is 2.09. The van der Waals surface area contributed by atoms with Gasteiger partial charge in [-0.3, -0.25) is 4.79 Å². The first-order valence-corrected chi connectivity index (χ1v) is 4.57. The molecule has 0 aliphatic carbocycles. The molecule has 3 nitrogen and oxygen atoms in total. The van der Waals surface area contributed by atoms with Crippen LogP contribution in [0.2, 0.25) is 0 Å². The van der Waals surface area contributed by atoms with E-state index in [0.717, 1.165) is 0 Å². The van der Waals surface area contributed by atoms with Crippen molar-refractivity contribution in [3.63, 3.8) is 0 Å². The second kappa shape index (κ2) is 3.82. The molecule has 0 atom stereocenters. The average Bonchev–Trinajstić information content (AvgIpc) is 2.60. The third-order valence-electron chi connectivity index (χ3n) is 2.09. The maximum absolute atomic E-state index is 12.9. The Balaban J connectivity index is 2.42. The molecule has 0 saturated carbocycles. The van der Waals surface area contributed by atoms with Crippen LogP contribution in [0.15, 0.2) is 28.7 Å². The number of hydrogen-bond donors (Lipinski definition) is 1. The van der Waals surface area contributed by atoms with Gasteiger partial charge in [0.15, 0.2) is 5.76 Å². The topological polar surface area (TPSA) is 42.2 Å². The van der Waals surface area contributed by atoms with Gasteiger partial charge in [0.25, 0.3) is 0 Å². The molecule has 0 unspecified atom stereocenters. The predicted molar refractivity (Wildman–Crippen MR) is 54.4 cm³/mol. The molecule has 0 bridgehead atoms. The van der Waals surface area contributed by atoms with Gasteiger partial charge >= 0.3 is 0 Å². The fourth-order valence-corrected chi connectivity index (χ4v) is 1.40. The van der Waals surface area contributed by atoms with Gasteiger partial charge in [0.05, 0.1) is 6.54 Å². The fraction of sp³-hybridized carbons (Fsp3) is 0.182. The van der Waals surface area contributed by atoms with Crippen molar-refractivity contribution in [3.8, 4) is 0 Å². The van der Waals surface area contributed by atoms with Crippen molar-refractivity contribution in [2.75, 3.05) is 13.6 Å². The van der Waals surface area contributed by atoms with Gasteiger partial charge in [-0.2, -0.15) is 0 Å². The Morgan fingerprint density at radius 1 is 1.47 bits per heavy atom. The molecule has 0 saturated heterocycles. The number of fused-ring (bicyclic) bond motifs is 1. The van der Waals surface area contributed by atoms with Crippen molar-refractivity contribution in [3.05, 3.63) is 35.8 Å². The number of furan rings is 1. The second-order valence-corrected chi connectivity index (χ2v) is 3.25. The van der Waals surface area contributed by atoms with Gasteiger partial charge in [-0.15, -0.1) is 0 Å². The van der Waals surface area contributed by atoms with E-state index in [0.29, 0.717) is 11.0 Å². The number of Topliss-reactive ketones (excluding diaryl/α,β-unsaturated/α-hetero) is 1. The number of halogens is 1. The van der Waals surface area contributed by atoms with Gasteiger partial charge in [-0.1, -0.05) is 0 Å². The van der Waals surface area contributed by atoms with E-state index in [1.165, 1.54) is 18.2 Å². The van der Waals surface area contributed by atoms with E-state index in [2.05, 4.69) is 5.32 Å². The monoisotopic (exact) mass is 207 g/mol. The number of nitrogens with one attached hydrogen (secondary N) is 1. The van der Waals surface area contributed by atoms with Crippen LogP contribution in [0.25, 0.3) is 11.0 Å². The molecule has 0 aliphatic heterocycles. The molecule has 1 heterocycles. The van der Waals surface area contributed by atoms with E-state index in [9.17, 15) is 9.18 Å². The van der Waals surface area contributed by atoms with E-state index in [-0.39, 0.29) is 23.9 Å². The van der Waals surface area contributed by atoms with Crippen LogP contribution in [0.4, 0.5) is 4.39 Å². The Labute approximate surface area is 85.9 Å². The Hall–Kier alpha value is -1.68. The Morgan fingerprint density at radius 2 is 2.27 bits per heavy atom. The standard InChI is InChI=1S/C11H10FNO2/c1-13-6-9(14)11-5-7-4-8(12)2-3-10(7)15-11/h2-5,13H,6H2,1H3. The fourth-order valence-electron chi connectivity index (χ4n) is 1.40. The molecule has 0 fully saturated rings. The maximum atomic E-state index is 12.9. The molecule has 0 spiro atoms. The summed E-state index contributed by atoms with van der Waals surface area (Å²) in [6.07, 6.45) is 0. The van der Waals surface area contributed by atoms with Crippen molar-refractivity contribution in [2.45, 2.75) is 0 Å². The number of hydrogen-bond acceptors (Lipinski definition) is 3. The lowest BCUT2D eigenvalue weighted by Gasteiger charge is -1.92. The van der Waals surface area contributed by atoms with Crippen LogP contribution >= 0.6 is 0 Å². The Morgan fingerprint density at radius 3 is 3.00 bits per heavy atom. The summed E-state index contributed by atoms with van der Waals surface area (Å²) in [5.41, 5.74) is 0.524. The number of rotatable bonds is 3. The van der Waals surface area contributed by atoms with Crippen molar-refractivity contribution in [1.29, 1.82) is 0 Å². The number of likely N-dealkylation sites (N-methyl/N-ethyl adjacent to an activating group) is 1. The summed E-state index contributed by atoms with van der Waals surface area (Å²) in [4.78, 5) is 11.4. The lowest BCUT2D eigenvalue weighted by molar-refractivity contribution is 0.0969. The van der Waals surface area contributed by atoms with Crippen LogP contribution in [0.5, 0.6) is 0 Å². The summed E-state index contributed by atoms with van der Waals surface area (Å²) in [5.74, 6) is -0.227. The summed E-state index contributed by atoms with van der Waals surface area (Å²) in [5, 5.41) is 3.34. The number of benzene rings is 1. The molecule has 78 valence electrons. The number of carbonyl (C=O) groups excluding carboxylic acids is 1. The first kappa shape index (κ1) is 9.86. The molecule has 2 aromatic rings. The molecule has 1 aromatic heterocycles. The zero-order valence-corrected chi connectivity index (χ0v) is 8.21. The zero-order valence-electron chi connectivity index (χ0n) is 8.21. The molecular weight excluding hydrogens is 197 g/mol.